The SMILES string of the molecule is COc1cc(F)cc(Nc2ccnc(C(C)(C)C)n2)c1. The monoisotopic (exact) mass is 275 g/mol. The van der Waals surface area contributed by atoms with Gasteiger partial charge in [0.05, 0.1) is 7.11 Å². The van der Waals surface area contributed by atoms with Crippen molar-refractivity contribution in [1.82, 2.24) is 9.97 Å². The van der Waals surface area contributed by atoms with E-state index in [0.29, 0.717) is 17.3 Å². The molecule has 0 saturated heterocycles. The van der Waals surface area contributed by atoms with E-state index in [4.69, 9.17) is 4.74 Å². The van der Waals surface area contributed by atoms with Gasteiger partial charge in [-0.25, -0.2) is 14.4 Å². The molecule has 0 aliphatic heterocycles. The first-order valence-electron chi connectivity index (χ1n) is 6.33. The van der Waals surface area contributed by atoms with Gasteiger partial charge in [-0.15, -0.1) is 0 Å². The first-order valence-corrected chi connectivity index (χ1v) is 6.33. The van der Waals surface area contributed by atoms with E-state index < -0.39 is 0 Å². The molecule has 0 radical (unpaired) electrons. The van der Waals surface area contributed by atoms with Crippen molar-refractivity contribution in [3.05, 3.63) is 42.1 Å². The molecule has 0 aliphatic carbocycles. The van der Waals surface area contributed by atoms with Gasteiger partial charge >= 0.3 is 0 Å². The summed E-state index contributed by atoms with van der Waals surface area (Å²) >= 11 is 0. The highest BCUT2D eigenvalue weighted by atomic mass is 19.1. The highest BCUT2D eigenvalue weighted by Gasteiger charge is 2.17. The molecule has 0 unspecified atom stereocenters. The first kappa shape index (κ1) is 14.2. The summed E-state index contributed by atoms with van der Waals surface area (Å²) in [5.41, 5.74) is 0.442. The van der Waals surface area contributed by atoms with Crippen LogP contribution in [0.5, 0.6) is 5.75 Å². The molecule has 1 aromatic carbocycles. The normalized spacial score (nSPS) is 11.2. The van der Waals surface area contributed by atoms with Crippen LogP contribution in [-0.4, -0.2) is 17.1 Å². The second-order valence-electron chi connectivity index (χ2n) is 5.52. The highest BCUT2D eigenvalue weighted by molar-refractivity contribution is 5.58. The van der Waals surface area contributed by atoms with Crippen molar-refractivity contribution in [3.63, 3.8) is 0 Å². The van der Waals surface area contributed by atoms with Gasteiger partial charge in [-0.05, 0) is 12.1 Å². The number of benzene rings is 1. The lowest BCUT2D eigenvalue weighted by Crippen LogP contribution is -2.16. The van der Waals surface area contributed by atoms with Gasteiger partial charge in [0.2, 0.25) is 0 Å². The minimum absolute atomic E-state index is 0.142. The zero-order chi connectivity index (χ0) is 14.8. The maximum atomic E-state index is 13.4. The Morgan fingerprint density at radius 3 is 2.60 bits per heavy atom. The Balaban J connectivity index is 2.28. The third kappa shape index (κ3) is 3.44. The predicted octanol–water partition coefficient (Wildman–Crippen LogP) is 3.67. The fraction of sp³-hybridized carbons (Fsp3) is 0.333. The largest absolute Gasteiger partial charge is 0.497 e. The van der Waals surface area contributed by atoms with E-state index >= 15 is 0 Å². The van der Waals surface area contributed by atoms with Crippen LogP contribution in [-0.2, 0) is 5.41 Å². The Morgan fingerprint density at radius 2 is 1.95 bits per heavy atom. The lowest BCUT2D eigenvalue weighted by molar-refractivity contribution is 0.411. The van der Waals surface area contributed by atoms with Gasteiger partial charge in [0, 0.05) is 29.4 Å². The fourth-order valence-electron chi connectivity index (χ4n) is 1.69. The number of methoxy groups -OCH3 is 1. The van der Waals surface area contributed by atoms with Crippen molar-refractivity contribution in [2.24, 2.45) is 0 Å². The van der Waals surface area contributed by atoms with Crippen LogP contribution >= 0.6 is 0 Å². The molecule has 4 nitrogen and oxygen atoms in total. The molecule has 1 aromatic heterocycles. The maximum absolute atomic E-state index is 13.4. The van der Waals surface area contributed by atoms with Crippen LogP contribution < -0.4 is 10.1 Å². The van der Waals surface area contributed by atoms with Crippen molar-refractivity contribution in [2.45, 2.75) is 26.2 Å². The minimum atomic E-state index is -0.364. The summed E-state index contributed by atoms with van der Waals surface area (Å²) in [6.45, 7) is 6.12. The molecule has 2 rings (SSSR count). The van der Waals surface area contributed by atoms with Gasteiger partial charge in [-0.2, -0.15) is 0 Å². The second-order valence-corrected chi connectivity index (χ2v) is 5.52. The number of nitrogens with zero attached hydrogens (tertiary/aromatic N) is 2. The van der Waals surface area contributed by atoms with Crippen molar-refractivity contribution in [1.29, 1.82) is 0 Å². The number of ether oxygens (including phenoxy) is 1. The average molecular weight is 275 g/mol. The van der Waals surface area contributed by atoms with Crippen molar-refractivity contribution >= 4 is 11.5 Å². The van der Waals surface area contributed by atoms with Gasteiger partial charge in [-0.3, -0.25) is 0 Å². The van der Waals surface area contributed by atoms with Crippen LogP contribution in [0.1, 0.15) is 26.6 Å². The molecule has 2 aromatic rings. The zero-order valence-corrected chi connectivity index (χ0v) is 12.1. The van der Waals surface area contributed by atoms with Crippen LogP contribution in [0, 0.1) is 5.82 Å². The fourth-order valence-corrected chi connectivity index (χ4v) is 1.69. The third-order valence-corrected chi connectivity index (χ3v) is 2.71. The average Bonchev–Trinajstić information content (AvgIpc) is 2.37. The van der Waals surface area contributed by atoms with Crippen LogP contribution in [0.3, 0.4) is 0 Å². The van der Waals surface area contributed by atoms with E-state index in [9.17, 15) is 4.39 Å². The van der Waals surface area contributed by atoms with Gasteiger partial charge in [0.25, 0.3) is 0 Å². The third-order valence-electron chi connectivity index (χ3n) is 2.71. The lowest BCUT2D eigenvalue weighted by Gasteiger charge is -2.17. The van der Waals surface area contributed by atoms with E-state index in [2.05, 4.69) is 15.3 Å². The highest BCUT2D eigenvalue weighted by Crippen LogP contribution is 2.24. The molecule has 0 amide bonds. The molecular formula is C15H18FN3O. The van der Waals surface area contributed by atoms with Crippen molar-refractivity contribution in [2.75, 3.05) is 12.4 Å². The summed E-state index contributed by atoms with van der Waals surface area (Å²) in [4.78, 5) is 8.69. The summed E-state index contributed by atoms with van der Waals surface area (Å²) in [6.07, 6.45) is 1.69. The van der Waals surface area contributed by atoms with E-state index in [1.54, 1.807) is 18.3 Å². The van der Waals surface area contributed by atoms with E-state index in [-0.39, 0.29) is 11.2 Å². The number of aromatic nitrogens is 2. The first-order chi connectivity index (χ1) is 9.38. The number of nitrogens with one attached hydrogen (secondary N) is 1. The van der Waals surface area contributed by atoms with Crippen LogP contribution in [0.15, 0.2) is 30.5 Å². The molecule has 1 heterocycles. The minimum Gasteiger partial charge on any atom is -0.497 e. The second kappa shape index (κ2) is 5.45. The number of halogens is 1. The molecular weight excluding hydrogens is 257 g/mol. The summed E-state index contributed by atoms with van der Waals surface area (Å²) < 4.78 is 18.5. The number of hydrogen-bond donors (Lipinski definition) is 1. The standard InChI is InChI=1S/C15H18FN3O/c1-15(2,3)14-17-6-5-13(19-14)18-11-7-10(16)8-12(9-11)20-4/h5-9H,1-4H3,(H,17,18,19). The molecule has 0 saturated carbocycles. The molecule has 106 valence electrons. The smallest absolute Gasteiger partial charge is 0.135 e. The Morgan fingerprint density at radius 1 is 1.20 bits per heavy atom. The van der Waals surface area contributed by atoms with Crippen molar-refractivity contribution < 1.29 is 9.13 Å². The summed E-state index contributed by atoms with van der Waals surface area (Å²) in [5.74, 6) is 1.44. The Hall–Kier alpha value is -2.17. The summed E-state index contributed by atoms with van der Waals surface area (Å²) in [5, 5.41) is 3.06. The topological polar surface area (TPSA) is 47.0 Å². The molecule has 0 spiro atoms. The van der Waals surface area contributed by atoms with Crippen LogP contribution in [0.2, 0.25) is 0 Å². The Kier molecular flexibility index (Phi) is 3.88. The lowest BCUT2D eigenvalue weighted by atomic mass is 9.96. The van der Waals surface area contributed by atoms with Crippen LogP contribution in [0.25, 0.3) is 0 Å². The molecule has 0 aliphatic rings. The van der Waals surface area contributed by atoms with Gasteiger partial charge in [-0.1, -0.05) is 20.8 Å². The van der Waals surface area contributed by atoms with Gasteiger partial charge < -0.3 is 10.1 Å². The van der Waals surface area contributed by atoms with Crippen molar-refractivity contribution in [3.8, 4) is 5.75 Å². The number of anilines is 2. The molecule has 0 fully saturated rings. The van der Waals surface area contributed by atoms with E-state index in [1.165, 1.54) is 19.2 Å². The summed E-state index contributed by atoms with van der Waals surface area (Å²) in [7, 11) is 1.50. The molecule has 5 heteroatoms. The maximum Gasteiger partial charge on any atom is 0.135 e. The molecule has 1 N–H and O–H groups in total. The number of hydrogen-bond acceptors (Lipinski definition) is 4. The quantitative estimate of drug-likeness (QED) is 0.928. The Labute approximate surface area is 118 Å². The predicted molar refractivity (Wildman–Crippen MR) is 77.0 cm³/mol. The van der Waals surface area contributed by atoms with Gasteiger partial charge in [0.1, 0.15) is 23.2 Å². The number of rotatable bonds is 3. The zero-order valence-electron chi connectivity index (χ0n) is 12.1. The molecule has 0 bridgehead atoms. The van der Waals surface area contributed by atoms with Gasteiger partial charge in [0.15, 0.2) is 0 Å². The molecule has 0 atom stereocenters. The molecule has 20 heavy (non-hydrogen) atoms. The van der Waals surface area contributed by atoms with E-state index in [0.717, 1.165) is 5.82 Å². The van der Waals surface area contributed by atoms with Crippen LogP contribution in [0.4, 0.5) is 15.9 Å². The van der Waals surface area contributed by atoms with E-state index in [1.807, 2.05) is 20.8 Å². The summed E-state index contributed by atoms with van der Waals surface area (Å²) in [6, 6.07) is 6.17. The Bertz CT molecular complexity index is 608.